The highest BCUT2D eigenvalue weighted by Crippen LogP contribution is 2.25. The maximum absolute atomic E-state index is 12.3. The van der Waals surface area contributed by atoms with Gasteiger partial charge in [-0.2, -0.15) is 0 Å². The van der Waals surface area contributed by atoms with Crippen molar-refractivity contribution in [3.8, 4) is 0 Å². The van der Waals surface area contributed by atoms with Crippen LogP contribution in [-0.2, 0) is 6.42 Å². The largest absolute Gasteiger partial charge is 0.478 e. The fraction of sp³-hybridized carbons (Fsp3) is 0.176. The molecule has 2 aromatic carbocycles. The third kappa shape index (κ3) is 3.47. The number of nitrogens with one attached hydrogen (secondary N) is 2. The monoisotopic (exact) mass is 364 g/mol. The first-order valence-corrected chi connectivity index (χ1v) is 8.05. The molecule has 1 unspecified atom stereocenters. The summed E-state index contributed by atoms with van der Waals surface area (Å²) in [5.41, 5.74) is 2.40. The standard InChI is InChI=1S/C17H14Cl2N2O3/c18-13-3-1-9(7-14(13)19)16(22)21-12-6-11-5-10(17(23)24)2-4-15(11)20-8-12/h1-5,7,12,20H,6,8H2,(H,21,22)(H,23,24). The molecule has 2 aromatic rings. The van der Waals surface area contributed by atoms with Crippen LogP contribution in [0.3, 0.4) is 0 Å². The van der Waals surface area contributed by atoms with Gasteiger partial charge in [0.15, 0.2) is 0 Å². The van der Waals surface area contributed by atoms with Crippen LogP contribution in [0.4, 0.5) is 5.69 Å². The lowest BCUT2D eigenvalue weighted by molar-refractivity contribution is 0.0696. The van der Waals surface area contributed by atoms with Crippen LogP contribution in [-0.4, -0.2) is 29.6 Å². The Kier molecular flexibility index (Phi) is 4.64. The lowest BCUT2D eigenvalue weighted by Gasteiger charge is -2.27. The molecule has 0 aromatic heterocycles. The van der Waals surface area contributed by atoms with E-state index in [4.69, 9.17) is 28.3 Å². The second-order valence-corrected chi connectivity index (χ2v) is 6.38. The van der Waals surface area contributed by atoms with Gasteiger partial charge in [0, 0.05) is 17.8 Å². The molecule has 0 saturated carbocycles. The number of benzene rings is 2. The van der Waals surface area contributed by atoms with Gasteiger partial charge in [0.2, 0.25) is 0 Å². The summed E-state index contributed by atoms with van der Waals surface area (Å²) in [6.45, 7) is 0.562. The fourth-order valence-electron chi connectivity index (χ4n) is 2.65. The van der Waals surface area contributed by atoms with Crippen molar-refractivity contribution in [2.45, 2.75) is 12.5 Å². The quantitative estimate of drug-likeness (QED) is 0.779. The molecule has 1 aliphatic rings. The SMILES string of the molecule is O=C(O)c1ccc2c(c1)CC(NC(=O)c1ccc(Cl)c(Cl)c1)CN2. The van der Waals surface area contributed by atoms with Crippen LogP contribution in [0.15, 0.2) is 36.4 Å². The van der Waals surface area contributed by atoms with Crippen molar-refractivity contribution in [3.63, 3.8) is 0 Å². The second-order valence-electron chi connectivity index (χ2n) is 5.56. The Balaban J connectivity index is 1.73. The maximum Gasteiger partial charge on any atom is 0.335 e. The van der Waals surface area contributed by atoms with E-state index in [-0.39, 0.29) is 17.5 Å². The van der Waals surface area contributed by atoms with Crippen LogP contribution in [0.5, 0.6) is 0 Å². The van der Waals surface area contributed by atoms with Crippen LogP contribution in [0.2, 0.25) is 10.0 Å². The van der Waals surface area contributed by atoms with Crippen molar-refractivity contribution >= 4 is 40.8 Å². The Morgan fingerprint density at radius 1 is 1.08 bits per heavy atom. The van der Waals surface area contributed by atoms with Gasteiger partial charge in [0.25, 0.3) is 5.91 Å². The fourth-order valence-corrected chi connectivity index (χ4v) is 2.95. The molecule has 7 heteroatoms. The Morgan fingerprint density at radius 3 is 2.54 bits per heavy atom. The van der Waals surface area contributed by atoms with Gasteiger partial charge in [-0.05, 0) is 48.4 Å². The molecule has 1 heterocycles. The predicted octanol–water partition coefficient (Wildman–Crippen LogP) is 3.46. The smallest absolute Gasteiger partial charge is 0.335 e. The number of carbonyl (C=O) groups excluding carboxylic acids is 1. The molecule has 24 heavy (non-hydrogen) atoms. The van der Waals surface area contributed by atoms with Crippen molar-refractivity contribution in [1.29, 1.82) is 0 Å². The van der Waals surface area contributed by atoms with Crippen molar-refractivity contribution in [1.82, 2.24) is 5.32 Å². The van der Waals surface area contributed by atoms with E-state index < -0.39 is 5.97 Å². The van der Waals surface area contributed by atoms with E-state index in [1.807, 2.05) is 0 Å². The normalized spacial score (nSPS) is 16.0. The first kappa shape index (κ1) is 16.6. The number of fused-ring (bicyclic) bond motifs is 1. The lowest BCUT2D eigenvalue weighted by Crippen LogP contribution is -2.43. The van der Waals surface area contributed by atoms with Crippen LogP contribution in [0.1, 0.15) is 26.3 Å². The Labute approximate surface area is 148 Å². The molecule has 1 atom stereocenters. The van der Waals surface area contributed by atoms with Gasteiger partial charge in [-0.1, -0.05) is 23.2 Å². The van der Waals surface area contributed by atoms with Gasteiger partial charge < -0.3 is 15.7 Å². The van der Waals surface area contributed by atoms with Gasteiger partial charge in [0.1, 0.15) is 0 Å². The van der Waals surface area contributed by atoms with Crippen molar-refractivity contribution in [3.05, 3.63) is 63.1 Å². The number of carbonyl (C=O) groups is 2. The molecule has 0 spiro atoms. The zero-order valence-corrected chi connectivity index (χ0v) is 14.0. The zero-order chi connectivity index (χ0) is 17.3. The molecule has 0 radical (unpaired) electrons. The topological polar surface area (TPSA) is 78.4 Å². The number of hydrogen-bond donors (Lipinski definition) is 3. The van der Waals surface area contributed by atoms with E-state index in [9.17, 15) is 9.59 Å². The molecule has 1 aliphatic heterocycles. The molecule has 1 amide bonds. The summed E-state index contributed by atoms with van der Waals surface area (Å²) in [6, 6.07) is 9.48. The highest BCUT2D eigenvalue weighted by molar-refractivity contribution is 6.42. The number of aromatic carboxylic acids is 1. The average molecular weight is 365 g/mol. The summed E-state index contributed by atoms with van der Waals surface area (Å²) in [5.74, 6) is -1.22. The Morgan fingerprint density at radius 2 is 1.83 bits per heavy atom. The summed E-state index contributed by atoms with van der Waals surface area (Å²) in [4.78, 5) is 23.4. The van der Waals surface area contributed by atoms with Gasteiger partial charge in [0.05, 0.1) is 21.7 Å². The van der Waals surface area contributed by atoms with E-state index in [2.05, 4.69) is 10.6 Å². The molecular formula is C17H14Cl2N2O3. The number of anilines is 1. The number of carboxylic acid groups (broad SMARTS) is 1. The molecule has 0 fully saturated rings. The minimum Gasteiger partial charge on any atom is -0.478 e. The van der Waals surface area contributed by atoms with E-state index in [0.717, 1.165) is 11.3 Å². The van der Waals surface area contributed by atoms with E-state index in [1.165, 1.54) is 6.07 Å². The van der Waals surface area contributed by atoms with Crippen LogP contribution in [0, 0.1) is 0 Å². The Hall–Kier alpha value is -2.24. The molecule has 5 nitrogen and oxygen atoms in total. The third-order valence-electron chi connectivity index (χ3n) is 3.87. The predicted molar refractivity (Wildman–Crippen MR) is 93.3 cm³/mol. The van der Waals surface area contributed by atoms with Crippen molar-refractivity contribution < 1.29 is 14.7 Å². The molecule has 0 saturated heterocycles. The Bertz CT molecular complexity index is 823. The molecule has 3 rings (SSSR count). The van der Waals surface area contributed by atoms with E-state index >= 15 is 0 Å². The molecule has 124 valence electrons. The maximum atomic E-state index is 12.3. The molecule has 0 bridgehead atoms. The van der Waals surface area contributed by atoms with Crippen LogP contribution >= 0.6 is 23.2 Å². The molecule has 3 N–H and O–H groups in total. The summed E-state index contributed by atoms with van der Waals surface area (Å²) in [5, 5.41) is 15.9. The number of carboxylic acids is 1. The van der Waals surface area contributed by atoms with E-state index in [1.54, 1.807) is 30.3 Å². The molecule has 0 aliphatic carbocycles. The van der Waals surface area contributed by atoms with Gasteiger partial charge in [-0.15, -0.1) is 0 Å². The number of halogens is 2. The minimum atomic E-state index is -0.972. The van der Waals surface area contributed by atoms with Gasteiger partial charge >= 0.3 is 5.97 Å². The number of amides is 1. The summed E-state index contributed by atoms with van der Waals surface area (Å²) >= 11 is 11.8. The highest BCUT2D eigenvalue weighted by Gasteiger charge is 2.21. The van der Waals surface area contributed by atoms with Crippen molar-refractivity contribution in [2.24, 2.45) is 0 Å². The zero-order valence-electron chi connectivity index (χ0n) is 12.5. The van der Waals surface area contributed by atoms with Gasteiger partial charge in [-0.25, -0.2) is 4.79 Å². The van der Waals surface area contributed by atoms with Crippen molar-refractivity contribution in [2.75, 3.05) is 11.9 Å². The van der Waals surface area contributed by atoms with Gasteiger partial charge in [-0.3, -0.25) is 4.79 Å². The lowest BCUT2D eigenvalue weighted by atomic mass is 9.97. The summed E-state index contributed by atoms with van der Waals surface area (Å²) < 4.78 is 0. The van der Waals surface area contributed by atoms with Crippen LogP contribution < -0.4 is 10.6 Å². The number of hydrogen-bond acceptors (Lipinski definition) is 3. The summed E-state index contributed by atoms with van der Waals surface area (Å²) in [6.07, 6.45) is 0.552. The summed E-state index contributed by atoms with van der Waals surface area (Å²) in [7, 11) is 0. The highest BCUT2D eigenvalue weighted by atomic mass is 35.5. The minimum absolute atomic E-state index is 0.150. The first-order valence-electron chi connectivity index (χ1n) is 7.30. The first-order chi connectivity index (χ1) is 11.4. The van der Waals surface area contributed by atoms with Crippen LogP contribution in [0.25, 0.3) is 0 Å². The third-order valence-corrected chi connectivity index (χ3v) is 4.61. The van der Waals surface area contributed by atoms with E-state index in [0.29, 0.717) is 28.6 Å². The number of rotatable bonds is 3. The average Bonchev–Trinajstić information content (AvgIpc) is 2.56. The molecular weight excluding hydrogens is 351 g/mol. The second kappa shape index (κ2) is 6.71.